The number of likely N-dealkylation sites (tertiary alicyclic amines) is 1. The van der Waals surface area contributed by atoms with Gasteiger partial charge in [-0.05, 0) is 25.5 Å². The largest absolute Gasteiger partial charge is 0.460 e. The van der Waals surface area contributed by atoms with Crippen molar-refractivity contribution in [3.63, 3.8) is 0 Å². The molecule has 7 nitrogen and oxygen atoms in total. The number of amides is 1. The van der Waals surface area contributed by atoms with Crippen molar-refractivity contribution >= 4 is 15.7 Å². The number of nitrogens with zero attached hydrogens (tertiary/aromatic N) is 2. The van der Waals surface area contributed by atoms with Gasteiger partial charge in [0.15, 0.2) is 21.3 Å². The van der Waals surface area contributed by atoms with Crippen LogP contribution >= 0.6 is 0 Å². The van der Waals surface area contributed by atoms with Gasteiger partial charge in [0.25, 0.3) is 5.91 Å². The van der Waals surface area contributed by atoms with Crippen LogP contribution in [-0.4, -0.2) is 54.0 Å². The SMILES string of the molecule is Cc1ccc(-c2cc(C(=O)N3CCC(S(C)(=O)=O)C3)n[nH]2)o1. The monoisotopic (exact) mass is 323 g/mol. The van der Waals surface area contributed by atoms with Gasteiger partial charge in [-0.15, -0.1) is 0 Å². The van der Waals surface area contributed by atoms with E-state index in [0.29, 0.717) is 24.4 Å². The first kappa shape index (κ1) is 14.8. The predicted octanol–water partition coefficient (Wildman–Crippen LogP) is 1.24. The van der Waals surface area contributed by atoms with Crippen molar-refractivity contribution in [2.75, 3.05) is 19.3 Å². The Morgan fingerprint density at radius 1 is 1.45 bits per heavy atom. The lowest BCUT2D eigenvalue weighted by molar-refractivity contribution is 0.0787. The second kappa shape index (κ2) is 5.28. The van der Waals surface area contributed by atoms with Crippen molar-refractivity contribution in [2.45, 2.75) is 18.6 Å². The number of carbonyl (C=O) groups excluding carboxylic acids is 1. The van der Waals surface area contributed by atoms with E-state index in [1.165, 1.54) is 11.2 Å². The van der Waals surface area contributed by atoms with Crippen molar-refractivity contribution < 1.29 is 17.6 Å². The average Bonchev–Trinajstić information content (AvgIpc) is 3.16. The number of aromatic nitrogens is 2. The fraction of sp³-hybridized carbons (Fsp3) is 0.429. The normalized spacial score (nSPS) is 18.8. The standard InChI is InChI=1S/C14H17N3O4S/c1-9-3-4-13(21-9)11-7-12(16-15-11)14(18)17-6-5-10(8-17)22(2,19)20/h3-4,7,10H,5-6,8H2,1-2H3,(H,15,16). The fourth-order valence-corrected chi connectivity index (χ4v) is 3.55. The highest BCUT2D eigenvalue weighted by Crippen LogP contribution is 2.22. The van der Waals surface area contributed by atoms with Crippen LogP contribution in [0.2, 0.25) is 0 Å². The second-order valence-electron chi connectivity index (χ2n) is 5.57. The lowest BCUT2D eigenvalue weighted by Crippen LogP contribution is -2.31. The summed E-state index contributed by atoms with van der Waals surface area (Å²) >= 11 is 0. The molecule has 1 amide bonds. The Morgan fingerprint density at radius 3 is 2.82 bits per heavy atom. The highest BCUT2D eigenvalue weighted by atomic mass is 32.2. The average molecular weight is 323 g/mol. The second-order valence-corrected chi connectivity index (χ2v) is 7.89. The fourth-order valence-electron chi connectivity index (χ4n) is 2.56. The molecular formula is C14H17N3O4S. The minimum absolute atomic E-state index is 0.222. The van der Waals surface area contributed by atoms with Crippen molar-refractivity contribution in [3.05, 3.63) is 29.7 Å². The maximum atomic E-state index is 12.4. The summed E-state index contributed by atoms with van der Waals surface area (Å²) in [6, 6.07) is 5.25. The van der Waals surface area contributed by atoms with E-state index >= 15 is 0 Å². The molecule has 22 heavy (non-hydrogen) atoms. The van der Waals surface area contributed by atoms with Gasteiger partial charge in [0.2, 0.25) is 0 Å². The molecule has 1 unspecified atom stereocenters. The smallest absolute Gasteiger partial charge is 0.274 e. The third kappa shape index (κ3) is 2.78. The van der Waals surface area contributed by atoms with Gasteiger partial charge in [0.1, 0.15) is 11.5 Å². The number of rotatable bonds is 3. The molecule has 1 saturated heterocycles. The van der Waals surface area contributed by atoms with Gasteiger partial charge in [-0.2, -0.15) is 5.10 Å². The molecular weight excluding hydrogens is 306 g/mol. The number of hydrogen-bond acceptors (Lipinski definition) is 5. The Balaban J connectivity index is 1.75. The third-order valence-corrected chi connectivity index (χ3v) is 5.44. The molecule has 1 aliphatic heterocycles. The molecule has 1 N–H and O–H groups in total. The highest BCUT2D eigenvalue weighted by Gasteiger charge is 2.33. The van der Waals surface area contributed by atoms with Gasteiger partial charge in [-0.1, -0.05) is 0 Å². The number of aromatic amines is 1. The molecule has 0 saturated carbocycles. The summed E-state index contributed by atoms with van der Waals surface area (Å²) in [6.07, 6.45) is 1.68. The topological polar surface area (TPSA) is 96.3 Å². The van der Waals surface area contributed by atoms with Crippen LogP contribution < -0.4 is 0 Å². The number of nitrogens with one attached hydrogen (secondary N) is 1. The van der Waals surface area contributed by atoms with E-state index in [-0.39, 0.29) is 18.1 Å². The Labute approximate surface area is 128 Å². The van der Waals surface area contributed by atoms with Crippen LogP contribution in [0.25, 0.3) is 11.5 Å². The molecule has 0 radical (unpaired) electrons. The summed E-state index contributed by atoms with van der Waals surface area (Å²) in [5.41, 5.74) is 0.883. The van der Waals surface area contributed by atoms with Crippen LogP contribution in [0.4, 0.5) is 0 Å². The van der Waals surface area contributed by atoms with Gasteiger partial charge in [0, 0.05) is 25.4 Å². The molecule has 3 heterocycles. The first-order chi connectivity index (χ1) is 10.3. The molecule has 2 aromatic heterocycles. The molecule has 3 rings (SSSR count). The zero-order chi connectivity index (χ0) is 15.9. The van der Waals surface area contributed by atoms with Crippen LogP contribution in [0.5, 0.6) is 0 Å². The molecule has 2 aromatic rings. The summed E-state index contributed by atoms with van der Waals surface area (Å²) in [5.74, 6) is 1.12. The molecule has 1 atom stereocenters. The number of furan rings is 1. The number of carbonyl (C=O) groups is 1. The third-order valence-electron chi connectivity index (χ3n) is 3.84. The summed E-state index contributed by atoms with van der Waals surface area (Å²) in [6.45, 7) is 2.49. The molecule has 1 fully saturated rings. The molecule has 0 aromatic carbocycles. The van der Waals surface area contributed by atoms with Crippen molar-refractivity contribution in [3.8, 4) is 11.5 Å². The van der Waals surface area contributed by atoms with Gasteiger partial charge >= 0.3 is 0 Å². The number of sulfone groups is 1. The van der Waals surface area contributed by atoms with Crippen LogP contribution in [0.3, 0.4) is 0 Å². The van der Waals surface area contributed by atoms with Crippen molar-refractivity contribution in [2.24, 2.45) is 0 Å². The lowest BCUT2D eigenvalue weighted by atomic mass is 10.3. The quantitative estimate of drug-likeness (QED) is 0.916. The molecule has 1 aliphatic rings. The van der Waals surface area contributed by atoms with Crippen molar-refractivity contribution in [1.29, 1.82) is 0 Å². The Kier molecular flexibility index (Phi) is 3.56. The molecule has 8 heteroatoms. The van der Waals surface area contributed by atoms with Crippen LogP contribution in [0.15, 0.2) is 22.6 Å². The van der Waals surface area contributed by atoms with E-state index in [4.69, 9.17) is 4.42 Å². The number of H-pyrrole nitrogens is 1. The van der Waals surface area contributed by atoms with E-state index in [2.05, 4.69) is 10.2 Å². The van der Waals surface area contributed by atoms with Crippen LogP contribution in [-0.2, 0) is 9.84 Å². The van der Waals surface area contributed by atoms with E-state index in [1.54, 1.807) is 12.1 Å². The maximum Gasteiger partial charge on any atom is 0.274 e. The number of hydrogen-bond donors (Lipinski definition) is 1. The minimum Gasteiger partial charge on any atom is -0.460 e. The van der Waals surface area contributed by atoms with Gasteiger partial charge in [0.05, 0.1) is 5.25 Å². The highest BCUT2D eigenvalue weighted by molar-refractivity contribution is 7.91. The van der Waals surface area contributed by atoms with Gasteiger partial charge in [-0.25, -0.2) is 8.42 Å². The molecule has 0 bridgehead atoms. The van der Waals surface area contributed by atoms with E-state index in [1.807, 2.05) is 13.0 Å². The lowest BCUT2D eigenvalue weighted by Gasteiger charge is -2.14. The first-order valence-corrected chi connectivity index (χ1v) is 8.90. The van der Waals surface area contributed by atoms with E-state index in [0.717, 1.165) is 5.76 Å². The van der Waals surface area contributed by atoms with Gasteiger partial charge < -0.3 is 9.32 Å². The van der Waals surface area contributed by atoms with Crippen molar-refractivity contribution in [1.82, 2.24) is 15.1 Å². The maximum absolute atomic E-state index is 12.4. The van der Waals surface area contributed by atoms with Gasteiger partial charge in [-0.3, -0.25) is 9.89 Å². The molecule has 0 spiro atoms. The Bertz CT molecular complexity index is 806. The summed E-state index contributed by atoms with van der Waals surface area (Å²) in [7, 11) is -3.12. The minimum atomic E-state index is -3.12. The van der Waals surface area contributed by atoms with Crippen LogP contribution in [0.1, 0.15) is 22.7 Å². The molecule has 0 aliphatic carbocycles. The molecule has 118 valence electrons. The number of aryl methyl sites for hydroxylation is 1. The Morgan fingerprint density at radius 2 is 2.23 bits per heavy atom. The first-order valence-electron chi connectivity index (χ1n) is 6.95. The summed E-state index contributed by atoms with van der Waals surface area (Å²) < 4.78 is 28.6. The summed E-state index contributed by atoms with van der Waals surface area (Å²) in [4.78, 5) is 13.9. The zero-order valence-corrected chi connectivity index (χ0v) is 13.2. The van der Waals surface area contributed by atoms with E-state index < -0.39 is 15.1 Å². The Hall–Kier alpha value is -2.09. The van der Waals surface area contributed by atoms with Crippen LogP contribution in [0, 0.1) is 6.92 Å². The summed E-state index contributed by atoms with van der Waals surface area (Å²) in [5, 5.41) is 6.30. The van der Waals surface area contributed by atoms with E-state index in [9.17, 15) is 13.2 Å². The zero-order valence-electron chi connectivity index (χ0n) is 12.4. The predicted molar refractivity (Wildman–Crippen MR) is 80.2 cm³/mol.